The van der Waals surface area contributed by atoms with E-state index in [0.717, 1.165) is 44.9 Å². The molecule has 0 saturated heterocycles. The van der Waals surface area contributed by atoms with Crippen LogP contribution < -0.4 is 5.32 Å². The number of rotatable bonds is 12. The van der Waals surface area contributed by atoms with Gasteiger partial charge >= 0.3 is 12.1 Å². The van der Waals surface area contributed by atoms with Gasteiger partial charge in [0, 0.05) is 85.9 Å². The van der Waals surface area contributed by atoms with Gasteiger partial charge in [-0.05, 0) is 146 Å². The molecule has 7 rings (SSSR count). The Morgan fingerprint density at radius 1 is 0.868 bits per heavy atom. The Morgan fingerprint density at radius 3 is 2.21 bits per heavy atom. The van der Waals surface area contributed by atoms with E-state index in [1.807, 2.05) is 71.9 Å². The second-order valence-corrected chi connectivity index (χ2v) is 19.9. The molecule has 0 fully saturated rings. The molecule has 15 nitrogen and oxygen atoms in total. The Hall–Kier alpha value is -6.90. The van der Waals surface area contributed by atoms with Crippen LogP contribution >= 0.6 is 0 Å². The lowest BCUT2D eigenvalue weighted by Gasteiger charge is -2.27. The van der Waals surface area contributed by atoms with Crippen molar-refractivity contribution in [3.63, 3.8) is 0 Å². The summed E-state index contributed by atoms with van der Waals surface area (Å²) in [6.07, 6.45) is 7.57. The highest BCUT2D eigenvalue weighted by atomic mass is 16.6. The first-order chi connectivity index (χ1) is 32.0. The smallest absolute Gasteiger partial charge is 0.407 e. The third-order valence-electron chi connectivity index (χ3n) is 12.7. The summed E-state index contributed by atoms with van der Waals surface area (Å²) in [5, 5.41) is 2.72. The lowest BCUT2D eigenvalue weighted by Crippen LogP contribution is -2.42. The van der Waals surface area contributed by atoms with E-state index in [1.54, 1.807) is 51.2 Å². The van der Waals surface area contributed by atoms with Crippen molar-refractivity contribution in [1.82, 2.24) is 40.0 Å². The van der Waals surface area contributed by atoms with Gasteiger partial charge in [-0.15, -0.1) is 0 Å². The molecule has 4 aliphatic heterocycles. The molecule has 3 N–H and O–H groups in total. The van der Waals surface area contributed by atoms with Crippen LogP contribution in [0.5, 0.6) is 0 Å². The molecule has 3 aromatic rings. The maximum atomic E-state index is 15.2. The molecule has 358 valence electrons. The number of alkyl carbamates (subject to hydrolysis) is 1. The fourth-order valence-corrected chi connectivity index (χ4v) is 9.10. The summed E-state index contributed by atoms with van der Waals surface area (Å²) in [7, 11) is 1.69. The standard InChI is InChI=1S/C53H64N8O7/c1-13-34-29(2)38-27-42-35(15-17-44(63)67-52(6,7)8)30(3)37(57-42)26-39-31(4)36(14-16-43(62)60(12)25-23-55-51(66)68-53(9,10)11)47(58-39)46-48-45(32(5)40(59-48)28-41(34)56-38)49(64)61(50(46)65)24-20-33-18-21-54-22-19-33/h15,17-19,21-22,26-28,31,36,58-59H,13-14,16,20,23-25H2,1-12H3,(H,55,66)/b17-15+,39-26?,41-28?,42-27?,47-46?/t31-,36-/m0/s1. The van der Waals surface area contributed by atoms with Gasteiger partial charge in [0.15, 0.2) is 0 Å². The van der Waals surface area contributed by atoms with Crippen LogP contribution in [0.15, 0.2) is 54.9 Å². The molecule has 4 amide bonds. The number of hydrogen-bond donors (Lipinski definition) is 3. The number of allylic oxidation sites excluding steroid dienone is 5. The minimum Gasteiger partial charge on any atom is -0.457 e. The molecule has 15 heteroatoms. The first-order valence-electron chi connectivity index (χ1n) is 23.4. The van der Waals surface area contributed by atoms with Crippen LogP contribution in [0.4, 0.5) is 4.79 Å². The third-order valence-corrected chi connectivity index (χ3v) is 12.7. The Balaban J connectivity index is 1.41. The van der Waals surface area contributed by atoms with Crippen molar-refractivity contribution in [2.45, 2.75) is 125 Å². The second-order valence-electron chi connectivity index (χ2n) is 19.9. The number of H-pyrrole nitrogens is 2. The first-order valence-corrected chi connectivity index (χ1v) is 23.4. The van der Waals surface area contributed by atoms with Crippen LogP contribution in [-0.2, 0) is 25.5 Å². The van der Waals surface area contributed by atoms with Crippen LogP contribution in [0.1, 0.15) is 166 Å². The molecular formula is C53H64N8O7. The van der Waals surface area contributed by atoms with E-state index in [9.17, 15) is 19.2 Å². The fraction of sp³-hybridized carbons (Fsp3) is 0.434. The van der Waals surface area contributed by atoms with E-state index in [1.165, 1.54) is 11.0 Å². The molecular weight excluding hydrogens is 861 g/mol. The normalized spacial score (nSPS) is 16.7. The number of hydrogen-bond acceptors (Lipinski definition) is 10. The third kappa shape index (κ3) is 10.5. The zero-order valence-corrected chi connectivity index (χ0v) is 41.4. The Bertz CT molecular complexity index is 2850. The summed E-state index contributed by atoms with van der Waals surface area (Å²) in [5.74, 6) is -2.09. The number of esters is 1. The second kappa shape index (κ2) is 19.4. The van der Waals surface area contributed by atoms with Gasteiger partial charge in [-0.3, -0.25) is 24.3 Å². The van der Waals surface area contributed by atoms with E-state index in [0.29, 0.717) is 64.1 Å². The number of aromatic nitrogens is 5. The van der Waals surface area contributed by atoms with Gasteiger partial charge in [0.2, 0.25) is 5.91 Å². The van der Waals surface area contributed by atoms with Gasteiger partial charge in [0.05, 0.1) is 39.4 Å². The maximum Gasteiger partial charge on any atom is 0.407 e. The number of amides is 4. The summed E-state index contributed by atoms with van der Waals surface area (Å²) in [4.78, 5) is 93.6. The molecule has 0 unspecified atom stereocenters. The molecule has 7 heterocycles. The zero-order valence-electron chi connectivity index (χ0n) is 41.4. The van der Waals surface area contributed by atoms with Gasteiger partial charge in [0.25, 0.3) is 11.8 Å². The van der Waals surface area contributed by atoms with Crippen molar-refractivity contribution in [3.05, 3.63) is 111 Å². The molecule has 0 spiro atoms. The minimum absolute atomic E-state index is 0.132. The van der Waals surface area contributed by atoms with E-state index in [-0.39, 0.29) is 43.8 Å². The molecule has 4 aliphatic rings. The number of pyridine rings is 1. The molecule has 2 atom stereocenters. The number of imide groups is 1. The van der Waals surface area contributed by atoms with E-state index in [4.69, 9.17) is 19.4 Å². The summed E-state index contributed by atoms with van der Waals surface area (Å²) in [5.41, 5.74) is 9.70. The molecule has 8 bridgehead atoms. The summed E-state index contributed by atoms with van der Waals surface area (Å²) in [6.45, 7) is 21.4. The number of nitrogens with zero attached hydrogens (tertiary/aromatic N) is 5. The lowest BCUT2D eigenvalue weighted by atomic mass is 9.84. The topological polar surface area (TPSA) is 193 Å². The van der Waals surface area contributed by atoms with Crippen LogP contribution in [0.25, 0.3) is 33.3 Å². The monoisotopic (exact) mass is 924 g/mol. The number of nitrogens with one attached hydrogen (secondary N) is 3. The number of carbonyl (C=O) groups is 5. The zero-order chi connectivity index (χ0) is 49.4. The number of carbonyl (C=O) groups excluding carboxylic acids is 5. The number of aromatic amines is 2. The van der Waals surface area contributed by atoms with Gasteiger partial charge in [-0.2, -0.15) is 0 Å². The molecule has 0 saturated carbocycles. The van der Waals surface area contributed by atoms with E-state index >= 15 is 4.79 Å². The van der Waals surface area contributed by atoms with Gasteiger partial charge in [-0.1, -0.05) is 13.8 Å². The summed E-state index contributed by atoms with van der Waals surface area (Å²) in [6, 6.07) is 9.60. The predicted octanol–water partition coefficient (Wildman–Crippen LogP) is 9.40. The molecule has 0 radical (unpaired) electrons. The SMILES string of the molecule is CCC1=C(C)c2cc3nc(cc4[nH]c(c5c6[nH]c(cc1n2)c(C)c6C(=O)N(CCc1ccncc1)C5=O)[C@@H](CCC(=O)N(C)CCNC(=O)OC(C)(C)C)[C@@H]4C)C(C)=C3/C=C/C(=O)OC(C)(C)C. The average molecular weight is 925 g/mol. The van der Waals surface area contributed by atoms with Gasteiger partial charge in [-0.25, -0.2) is 19.6 Å². The van der Waals surface area contributed by atoms with E-state index < -0.39 is 35.1 Å². The predicted molar refractivity (Wildman–Crippen MR) is 263 cm³/mol. The van der Waals surface area contributed by atoms with Crippen LogP contribution in [-0.4, -0.2) is 102 Å². The van der Waals surface area contributed by atoms with Gasteiger partial charge in [0.1, 0.15) is 11.2 Å². The van der Waals surface area contributed by atoms with E-state index in [2.05, 4.69) is 34.1 Å². The summed E-state index contributed by atoms with van der Waals surface area (Å²) >= 11 is 0. The number of ether oxygens (including phenoxy) is 2. The van der Waals surface area contributed by atoms with Crippen LogP contribution in [0, 0.1) is 6.92 Å². The Labute approximate surface area is 398 Å². The fourth-order valence-electron chi connectivity index (χ4n) is 9.10. The number of likely N-dealkylation sites (N-methyl/N-ethyl adjacent to an activating group) is 1. The molecule has 3 aromatic heterocycles. The Kier molecular flexibility index (Phi) is 14.0. The Morgan fingerprint density at radius 2 is 1.53 bits per heavy atom. The molecule has 0 aromatic carbocycles. The maximum absolute atomic E-state index is 15.2. The van der Waals surface area contributed by atoms with Crippen molar-refractivity contribution in [1.29, 1.82) is 0 Å². The minimum atomic E-state index is -0.677. The lowest BCUT2D eigenvalue weighted by molar-refractivity contribution is -0.148. The largest absolute Gasteiger partial charge is 0.457 e. The van der Waals surface area contributed by atoms with Crippen molar-refractivity contribution in [2.75, 3.05) is 26.7 Å². The first kappa shape index (κ1) is 49.0. The van der Waals surface area contributed by atoms with Crippen molar-refractivity contribution >= 4 is 63.1 Å². The van der Waals surface area contributed by atoms with Crippen LogP contribution in [0.3, 0.4) is 0 Å². The highest BCUT2D eigenvalue weighted by Gasteiger charge is 2.40. The number of aryl methyl sites for hydroxylation is 1. The van der Waals surface area contributed by atoms with Crippen LogP contribution in [0.2, 0.25) is 0 Å². The van der Waals surface area contributed by atoms with Crippen molar-refractivity contribution < 1.29 is 33.4 Å². The molecule has 0 aliphatic carbocycles. The quantitative estimate of drug-likeness (QED) is 0.0896. The van der Waals surface area contributed by atoms with Crippen molar-refractivity contribution in [3.8, 4) is 0 Å². The highest BCUT2D eigenvalue weighted by molar-refractivity contribution is 6.23. The summed E-state index contributed by atoms with van der Waals surface area (Å²) < 4.78 is 11.0. The van der Waals surface area contributed by atoms with Gasteiger partial charge < -0.3 is 29.7 Å². The highest BCUT2D eigenvalue weighted by Crippen LogP contribution is 2.45. The average Bonchev–Trinajstić information content (AvgIpc) is 3.94. The number of fused-ring (bicyclic) bond motifs is 8. The molecule has 68 heavy (non-hydrogen) atoms. The van der Waals surface area contributed by atoms with Crippen molar-refractivity contribution in [2.24, 2.45) is 0 Å².